The fourth-order valence-corrected chi connectivity index (χ4v) is 5.50. The molecule has 0 unspecified atom stereocenters. The molecule has 44 heavy (non-hydrogen) atoms. The third kappa shape index (κ3) is 6.40. The van der Waals surface area contributed by atoms with Gasteiger partial charge in [-0.05, 0) is 68.5 Å². The first-order chi connectivity index (χ1) is 21.0. The highest BCUT2D eigenvalue weighted by Gasteiger charge is 2.17. The van der Waals surface area contributed by atoms with Gasteiger partial charge in [-0.2, -0.15) is 0 Å². The Bertz CT molecular complexity index is 1730. The van der Waals surface area contributed by atoms with Crippen LogP contribution in [0.1, 0.15) is 52.7 Å². The van der Waals surface area contributed by atoms with E-state index in [0.29, 0.717) is 0 Å². The number of hydrogen-bond acceptors (Lipinski definition) is 2. The average Bonchev–Trinajstić information content (AvgIpc) is 3.04. The van der Waals surface area contributed by atoms with Gasteiger partial charge in [-0.15, -0.1) is 0 Å². The molecule has 2 heteroatoms. The van der Waals surface area contributed by atoms with Gasteiger partial charge in [0.25, 0.3) is 0 Å². The van der Waals surface area contributed by atoms with Crippen molar-refractivity contribution in [2.24, 2.45) is 0 Å². The molecule has 2 nitrogen and oxygen atoms in total. The fourth-order valence-electron chi connectivity index (χ4n) is 5.50. The van der Waals surface area contributed by atoms with Crippen LogP contribution in [0.4, 0.5) is 0 Å². The molecule has 4 aromatic carbocycles. The van der Waals surface area contributed by atoms with E-state index >= 15 is 0 Å². The van der Waals surface area contributed by atoms with E-state index in [-0.39, 0.29) is 10.8 Å². The van der Waals surface area contributed by atoms with Crippen molar-refractivity contribution in [3.63, 3.8) is 0 Å². The second-order valence-corrected chi connectivity index (χ2v) is 13.6. The molecule has 0 amide bonds. The van der Waals surface area contributed by atoms with Crippen LogP contribution in [-0.2, 0) is 10.8 Å². The van der Waals surface area contributed by atoms with Crippen molar-refractivity contribution in [3.8, 4) is 56.2 Å². The van der Waals surface area contributed by atoms with Crippen molar-refractivity contribution >= 4 is 0 Å². The second-order valence-electron chi connectivity index (χ2n) is 13.6. The largest absolute Gasteiger partial charge is 0.246 e. The number of aromatic nitrogens is 2. The molecule has 0 aliphatic rings. The smallest absolute Gasteiger partial charge is 0.0900 e. The molecule has 0 saturated carbocycles. The molecule has 0 atom stereocenters. The Morgan fingerprint density at radius 1 is 0.318 bits per heavy atom. The van der Waals surface area contributed by atoms with Crippen molar-refractivity contribution < 1.29 is 0 Å². The van der Waals surface area contributed by atoms with Crippen molar-refractivity contribution in [1.82, 2.24) is 9.97 Å². The Morgan fingerprint density at radius 3 is 0.955 bits per heavy atom. The predicted octanol–water partition coefficient (Wildman–Crippen LogP) is 11.4. The monoisotopic (exact) mass is 572 g/mol. The molecular formula is C42H40N2. The van der Waals surface area contributed by atoms with Crippen LogP contribution >= 0.6 is 0 Å². The zero-order chi connectivity index (χ0) is 30.9. The van der Waals surface area contributed by atoms with Crippen LogP contribution in [0.25, 0.3) is 56.2 Å². The molecule has 2 heterocycles. The van der Waals surface area contributed by atoms with Crippen LogP contribution in [0.3, 0.4) is 0 Å². The van der Waals surface area contributed by atoms with E-state index < -0.39 is 0 Å². The SMILES string of the molecule is CC(C)(C)c1ccc(-c2cc(-c3ccccc3)nc(-c3cc(-c4ccc(C(C)(C)C)cc4)cc(-c4ccccc4)n3)c2)cc1. The first-order valence-electron chi connectivity index (χ1n) is 15.4. The van der Waals surface area contributed by atoms with Gasteiger partial charge in [-0.1, -0.05) is 151 Å². The fraction of sp³-hybridized carbons (Fsp3) is 0.190. The first-order valence-corrected chi connectivity index (χ1v) is 15.4. The molecule has 0 N–H and O–H groups in total. The van der Waals surface area contributed by atoms with Crippen LogP contribution in [0.2, 0.25) is 0 Å². The highest BCUT2D eigenvalue weighted by atomic mass is 14.8. The molecule has 0 saturated heterocycles. The van der Waals surface area contributed by atoms with Crippen LogP contribution in [0, 0.1) is 0 Å². The Balaban J connectivity index is 1.53. The van der Waals surface area contributed by atoms with E-state index in [2.05, 4.69) is 163 Å². The second kappa shape index (κ2) is 11.7. The third-order valence-electron chi connectivity index (χ3n) is 8.22. The van der Waals surface area contributed by atoms with Crippen molar-refractivity contribution in [3.05, 3.63) is 145 Å². The van der Waals surface area contributed by atoms with Gasteiger partial charge in [0.05, 0.1) is 22.8 Å². The molecule has 2 aromatic heterocycles. The van der Waals surface area contributed by atoms with E-state index in [9.17, 15) is 0 Å². The number of pyridine rings is 2. The zero-order valence-electron chi connectivity index (χ0n) is 26.6. The summed E-state index contributed by atoms with van der Waals surface area (Å²) in [6.07, 6.45) is 0. The molecule has 0 spiro atoms. The molecule has 0 radical (unpaired) electrons. The summed E-state index contributed by atoms with van der Waals surface area (Å²) in [5.74, 6) is 0. The molecule has 0 aliphatic carbocycles. The van der Waals surface area contributed by atoms with E-state index in [4.69, 9.17) is 9.97 Å². The maximum atomic E-state index is 5.21. The van der Waals surface area contributed by atoms with Crippen LogP contribution in [-0.4, -0.2) is 9.97 Å². The van der Waals surface area contributed by atoms with Crippen molar-refractivity contribution in [2.45, 2.75) is 52.4 Å². The summed E-state index contributed by atoms with van der Waals surface area (Å²) in [4.78, 5) is 10.4. The minimum atomic E-state index is 0.0976. The van der Waals surface area contributed by atoms with E-state index in [0.717, 1.165) is 56.2 Å². The Kier molecular flexibility index (Phi) is 7.78. The van der Waals surface area contributed by atoms with Gasteiger partial charge in [0.15, 0.2) is 0 Å². The van der Waals surface area contributed by atoms with Crippen molar-refractivity contribution in [1.29, 1.82) is 0 Å². The van der Waals surface area contributed by atoms with Gasteiger partial charge in [0.2, 0.25) is 0 Å². The van der Waals surface area contributed by atoms with E-state index in [1.807, 2.05) is 12.1 Å². The number of nitrogens with zero attached hydrogens (tertiary/aromatic N) is 2. The summed E-state index contributed by atoms with van der Waals surface area (Å²) in [6.45, 7) is 13.5. The quantitative estimate of drug-likeness (QED) is 0.205. The van der Waals surface area contributed by atoms with E-state index in [1.165, 1.54) is 11.1 Å². The summed E-state index contributed by atoms with van der Waals surface area (Å²) >= 11 is 0. The maximum Gasteiger partial charge on any atom is 0.0900 e. The average molecular weight is 573 g/mol. The topological polar surface area (TPSA) is 25.8 Å². The van der Waals surface area contributed by atoms with Gasteiger partial charge in [-0.3, -0.25) is 0 Å². The molecule has 218 valence electrons. The Labute approximate surface area is 262 Å². The van der Waals surface area contributed by atoms with Crippen LogP contribution < -0.4 is 0 Å². The summed E-state index contributed by atoms with van der Waals surface area (Å²) in [7, 11) is 0. The minimum Gasteiger partial charge on any atom is -0.246 e. The van der Waals surface area contributed by atoms with E-state index in [1.54, 1.807) is 0 Å². The lowest BCUT2D eigenvalue weighted by molar-refractivity contribution is 0.590. The number of benzene rings is 4. The van der Waals surface area contributed by atoms with Gasteiger partial charge in [0, 0.05) is 11.1 Å². The molecular weight excluding hydrogens is 532 g/mol. The number of hydrogen-bond donors (Lipinski definition) is 0. The normalized spacial score (nSPS) is 11.9. The zero-order valence-corrected chi connectivity index (χ0v) is 26.6. The van der Waals surface area contributed by atoms with Crippen LogP contribution in [0.15, 0.2) is 133 Å². The van der Waals surface area contributed by atoms with Gasteiger partial charge in [-0.25, -0.2) is 9.97 Å². The lowest BCUT2D eigenvalue weighted by atomic mass is 9.86. The summed E-state index contributed by atoms with van der Waals surface area (Å²) < 4.78 is 0. The summed E-state index contributed by atoms with van der Waals surface area (Å²) in [5.41, 5.74) is 13.1. The molecule has 0 bridgehead atoms. The minimum absolute atomic E-state index is 0.0976. The molecule has 6 rings (SSSR count). The molecule has 0 fully saturated rings. The lowest BCUT2D eigenvalue weighted by Gasteiger charge is -2.19. The number of rotatable bonds is 5. The lowest BCUT2D eigenvalue weighted by Crippen LogP contribution is -2.10. The highest BCUT2D eigenvalue weighted by molar-refractivity contribution is 5.80. The van der Waals surface area contributed by atoms with Gasteiger partial charge >= 0.3 is 0 Å². The maximum absolute atomic E-state index is 5.21. The first kappa shape index (κ1) is 29.3. The van der Waals surface area contributed by atoms with Crippen molar-refractivity contribution in [2.75, 3.05) is 0 Å². The summed E-state index contributed by atoms with van der Waals surface area (Å²) in [5, 5.41) is 0. The van der Waals surface area contributed by atoms with Crippen LogP contribution in [0.5, 0.6) is 0 Å². The third-order valence-corrected chi connectivity index (χ3v) is 8.22. The predicted molar refractivity (Wildman–Crippen MR) is 187 cm³/mol. The Hall–Kier alpha value is -4.82. The molecule has 0 aliphatic heterocycles. The van der Waals surface area contributed by atoms with Gasteiger partial charge in [0.1, 0.15) is 0 Å². The summed E-state index contributed by atoms with van der Waals surface area (Å²) in [6, 6.07) is 47.4. The standard InChI is InChI=1S/C42H40N2/c1-41(2,3)35-21-17-29(18-22-35)33-25-37(31-13-9-7-10-14-31)43-39(27-33)40-28-34(26-38(44-40)32-15-11-8-12-16-32)30-19-23-36(24-20-30)42(4,5)6/h7-28H,1-6H3. The molecule has 6 aromatic rings. The Morgan fingerprint density at radius 2 is 0.636 bits per heavy atom. The van der Waals surface area contributed by atoms with Gasteiger partial charge < -0.3 is 0 Å². The highest BCUT2D eigenvalue weighted by Crippen LogP contribution is 2.35.